The Balaban J connectivity index is 2.09. The van der Waals surface area contributed by atoms with Crippen molar-refractivity contribution in [1.29, 1.82) is 0 Å². The number of carbonyl (C=O) groups is 2. The van der Waals surface area contributed by atoms with Crippen molar-refractivity contribution in [2.45, 2.75) is 51.6 Å². The van der Waals surface area contributed by atoms with Crippen LogP contribution in [0.4, 0.5) is 18.3 Å². The van der Waals surface area contributed by atoms with Gasteiger partial charge in [-0.3, -0.25) is 4.79 Å². The van der Waals surface area contributed by atoms with E-state index in [1.807, 2.05) is 0 Å². The van der Waals surface area contributed by atoms with Crippen LogP contribution in [-0.2, 0) is 15.7 Å². The number of rotatable bonds is 5. The van der Waals surface area contributed by atoms with Gasteiger partial charge in [-0.15, -0.1) is 0 Å². The number of nitrogens with zero attached hydrogens (tertiary/aromatic N) is 1. The van der Waals surface area contributed by atoms with E-state index in [9.17, 15) is 22.8 Å². The summed E-state index contributed by atoms with van der Waals surface area (Å²) in [7, 11) is 0. The van der Waals surface area contributed by atoms with Crippen LogP contribution in [0.15, 0.2) is 0 Å². The maximum absolute atomic E-state index is 13.0. The third-order valence-electron chi connectivity index (χ3n) is 3.80. The second kappa shape index (κ2) is 7.96. The molecule has 0 unspecified atom stereocenters. The van der Waals surface area contributed by atoms with Crippen LogP contribution in [0.5, 0.6) is 0 Å². The molecule has 1 aliphatic rings. The molecule has 1 saturated carbocycles. The topological polar surface area (TPSA) is 68.3 Å². The molecule has 0 aliphatic heterocycles. The molecule has 1 aromatic rings. The molecule has 134 valence electrons. The number of hydrogen-bond acceptors (Lipinski definition) is 5. The molecule has 9 heteroatoms. The lowest BCUT2D eigenvalue weighted by Crippen LogP contribution is -2.18. The van der Waals surface area contributed by atoms with Crippen molar-refractivity contribution in [2.75, 3.05) is 11.9 Å². The third kappa shape index (κ3) is 4.93. The lowest BCUT2D eigenvalue weighted by Gasteiger charge is -2.20. The highest BCUT2D eigenvalue weighted by atomic mass is 32.1. The standard InChI is InChI=1S/C15H19F3N2O3S/c1-2-23-13(22)11-12(15(16,17)18)20-14(24-11)19-10(21)8-9-6-4-3-5-7-9/h9H,2-8H2,1H3,(H,19,20,21). The molecular formula is C15H19F3N2O3S. The molecule has 1 amide bonds. The first-order chi connectivity index (χ1) is 11.3. The number of aromatic nitrogens is 1. The van der Waals surface area contributed by atoms with Gasteiger partial charge in [0.2, 0.25) is 5.91 Å². The van der Waals surface area contributed by atoms with E-state index in [0.717, 1.165) is 32.1 Å². The van der Waals surface area contributed by atoms with Crippen molar-refractivity contribution in [2.24, 2.45) is 5.92 Å². The van der Waals surface area contributed by atoms with E-state index in [0.29, 0.717) is 11.3 Å². The van der Waals surface area contributed by atoms with Crippen LogP contribution in [0.3, 0.4) is 0 Å². The minimum Gasteiger partial charge on any atom is -0.462 e. The SMILES string of the molecule is CCOC(=O)c1sc(NC(=O)CC2CCCCC2)nc1C(F)(F)F. The zero-order chi connectivity index (χ0) is 17.7. The zero-order valence-corrected chi connectivity index (χ0v) is 14.1. The molecule has 0 aromatic carbocycles. The summed E-state index contributed by atoms with van der Waals surface area (Å²) in [5.74, 6) is -1.21. The van der Waals surface area contributed by atoms with Gasteiger partial charge in [-0.05, 0) is 25.7 Å². The summed E-state index contributed by atoms with van der Waals surface area (Å²) < 4.78 is 43.6. The minimum absolute atomic E-state index is 0.0442. The summed E-state index contributed by atoms with van der Waals surface area (Å²) in [4.78, 5) is 26.4. The van der Waals surface area contributed by atoms with Crippen LogP contribution in [0, 0.1) is 5.92 Å². The monoisotopic (exact) mass is 364 g/mol. The number of halogens is 3. The average Bonchev–Trinajstić information content (AvgIpc) is 2.92. The first-order valence-electron chi connectivity index (χ1n) is 7.86. The number of amides is 1. The Morgan fingerprint density at radius 1 is 1.29 bits per heavy atom. The van der Waals surface area contributed by atoms with E-state index in [-0.39, 0.29) is 30.0 Å². The Bertz CT molecular complexity index is 595. The van der Waals surface area contributed by atoms with Crippen LogP contribution < -0.4 is 5.32 Å². The van der Waals surface area contributed by atoms with Gasteiger partial charge in [0.05, 0.1) is 6.61 Å². The van der Waals surface area contributed by atoms with E-state index in [4.69, 9.17) is 0 Å². The maximum atomic E-state index is 13.0. The van der Waals surface area contributed by atoms with E-state index < -0.39 is 22.7 Å². The number of ether oxygens (including phenoxy) is 1. The van der Waals surface area contributed by atoms with Crippen LogP contribution >= 0.6 is 11.3 Å². The molecule has 0 radical (unpaired) electrons. The summed E-state index contributed by atoms with van der Waals surface area (Å²) in [6.45, 7) is 1.45. The summed E-state index contributed by atoms with van der Waals surface area (Å²) in [5.41, 5.74) is -1.32. The molecule has 5 nitrogen and oxygen atoms in total. The second-order valence-corrected chi connectivity index (χ2v) is 6.67. The Labute approximate surface area is 141 Å². The molecule has 1 aromatic heterocycles. The highest BCUT2D eigenvalue weighted by Crippen LogP contribution is 2.37. The fraction of sp³-hybridized carbons (Fsp3) is 0.667. The smallest absolute Gasteiger partial charge is 0.435 e. The summed E-state index contributed by atoms with van der Waals surface area (Å²) in [6.07, 6.45) is 0.671. The van der Waals surface area contributed by atoms with Crippen LogP contribution in [0.2, 0.25) is 0 Å². The average molecular weight is 364 g/mol. The van der Waals surface area contributed by atoms with Gasteiger partial charge in [-0.25, -0.2) is 9.78 Å². The van der Waals surface area contributed by atoms with E-state index in [2.05, 4.69) is 15.0 Å². The lowest BCUT2D eigenvalue weighted by atomic mass is 9.87. The predicted octanol–water partition coefficient (Wildman–Crippen LogP) is 4.25. The zero-order valence-electron chi connectivity index (χ0n) is 13.2. The van der Waals surface area contributed by atoms with E-state index >= 15 is 0 Å². The third-order valence-corrected chi connectivity index (χ3v) is 4.75. The van der Waals surface area contributed by atoms with Crippen molar-refractivity contribution >= 4 is 28.3 Å². The van der Waals surface area contributed by atoms with Crippen molar-refractivity contribution in [3.05, 3.63) is 10.6 Å². The molecular weight excluding hydrogens is 345 g/mol. The van der Waals surface area contributed by atoms with Crippen molar-refractivity contribution in [3.63, 3.8) is 0 Å². The summed E-state index contributed by atoms with van der Waals surface area (Å²) >= 11 is 0.487. The molecule has 0 bridgehead atoms. The van der Waals surface area contributed by atoms with Gasteiger partial charge >= 0.3 is 12.1 Å². The van der Waals surface area contributed by atoms with Crippen LogP contribution in [-0.4, -0.2) is 23.5 Å². The van der Waals surface area contributed by atoms with Crippen molar-refractivity contribution < 1.29 is 27.5 Å². The number of anilines is 1. The number of hydrogen-bond donors (Lipinski definition) is 1. The Hall–Kier alpha value is -1.64. The first-order valence-corrected chi connectivity index (χ1v) is 8.68. The predicted molar refractivity (Wildman–Crippen MR) is 82.9 cm³/mol. The van der Waals surface area contributed by atoms with Gasteiger partial charge in [-0.1, -0.05) is 30.6 Å². The number of thiazole rings is 1. The fourth-order valence-corrected chi connectivity index (χ4v) is 3.62. The second-order valence-electron chi connectivity index (χ2n) is 5.67. The molecule has 1 heterocycles. The molecule has 0 saturated heterocycles. The number of nitrogens with one attached hydrogen (secondary N) is 1. The molecule has 2 rings (SSSR count). The lowest BCUT2D eigenvalue weighted by molar-refractivity contribution is -0.141. The van der Waals surface area contributed by atoms with Gasteiger partial charge in [0.25, 0.3) is 0 Å². The highest BCUT2D eigenvalue weighted by Gasteiger charge is 2.40. The normalized spacial score (nSPS) is 16.0. The van der Waals surface area contributed by atoms with Gasteiger partial charge in [-0.2, -0.15) is 13.2 Å². The summed E-state index contributed by atoms with van der Waals surface area (Å²) in [6, 6.07) is 0. The van der Waals surface area contributed by atoms with Crippen molar-refractivity contribution in [3.8, 4) is 0 Å². The van der Waals surface area contributed by atoms with Crippen molar-refractivity contribution in [1.82, 2.24) is 4.98 Å². The molecule has 1 fully saturated rings. The highest BCUT2D eigenvalue weighted by molar-refractivity contribution is 7.17. The Morgan fingerprint density at radius 2 is 1.96 bits per heavy atom. The summed E-state index contributed by atoms with van der Waals surface area (Å²) in [5, 5.41) is 2.15. The van der Waals surface area contributed by atoms with Crippen LogP contribution in [0.25, 0.3) is 0 Å². The number of alkyl halides is 3. The molecule has 1 aliphatic carbocycles. The molecule has 0 atom stereocenters. The molecule has 0 spiro atoms. The Morgan fingerprint density at radius 3 is 2.54 bits per heavy atom. The van der Waals surface area contributed by atoms with Gasteiger partial charge < -0.3 is 10.1 Å². The minimum atomic E-state index is -4.79. The largest absolute Gasteiger partial charge is 0.462 e. The Kier molecular flexibility index (Phi) is 6.20. The van der Waals surface area contributed by atoms with Crippen LogP contribution in [0.1, 0.15) is 60.8 Å². The van der Waals surface area contributed by atoms with Gasteiger partial charge in [0.15, 0.2) is 10.8 Å². The molecule has 1 N–H and O–H groups in total. The molecule has 24 heavy (non-hydrogen) atoms. The quantitative estimate of drug-likeness (QED) is 0.793. The number of esters is 1. The van der Waals surface area contributed by atoms with Gasteiger partial charge in [0, 0.05) is 6.42 Å². The first kappa shape index (κ1) is 18.7. The fourth-order valence-electron chi connectivity index (χ4n) is 2.72. The van der Waals surface area contributed by atoms with Gasteiger partial charge in [0.1, 0.15) is 4.88 Å². The number of carbonyl (C=O) groups excluding carboxylic acids is 2. The van der Waals surface area contributed by atoms with E-state index in [1.165, 1.54) is 6.92 Å². The maximum Gasteiger partial charge on any atom is 0.435 e. The van der Waals surface area contributed by atoms with E-state index in [1.54, 1.807) is 0 Å².